The minimum atomic E-state index is -2.53. The number of aliphatic carboxylic acids is 1. The van der Waals surface area contributed by atoms with Crippen LogP contribution < -0.4 is 5.32 Å². The second-order valence-electron chi connectivity index (χ2n) is 3.61. The zero-order valence-electron chi connectivity index (χ0n) is 12.1. The Kier molecular flexibility index (Phi) is 2.55. The number of hydrogen-bond acceptors (Lipinski definition) is 3. The molecule has 18 heavy (non-hydrogen) atoms. The summed E-state index contributed by atoms with van der Waals surface area (Å²) in [6.45, 7) is -2.47. The Bertz CT molecular complexity index is 702. The van der Waals surface area contributed by atoms with Crippen molar-refractivity contribution < 1.29 is 18.4 Å². The first-order valence-electron chi connectivity index (χ1n) is 6.54. The van der Waals surface area contributed by atoms with Crippen molar-refractivity contribution >= 4 is 38.6 Å². The minimum Gasteiger partial charge on any atom is -0.481 e. The van der Waals surface area contributed by atoms with Crippen LogP contribution >= 0.6 is 15.9 Å². The van der Waals surface area contributed by atoms with Crippen molar-refractivity contribution in [2.24, 2.45) is 6.98 Å². The lowest BCUT2D eigenvalue weighted by Crippen LogP contribution is -2.08. The lowest BCUT2D eigenvalue weighted by molar-refractivity contribution is -0.136. The van der Waals surface area contributed by atoms with Crippen LogP contribution in [0.5, 0.6) is 0 Å². The van der Waals surface area contributed by atoms with Gasteiger partial charge in [-0.05, 0) is 28.1 Å². The van der Waals surface area contributed by atoms with E-state index in [4.69, 9.17) is 9.22 Å². The number of fused-ring (bicyclic) bond motifs is 1. The number of rotatable bonds is 4. The van der Waals surface area contributed by atoms with Gasteiger partial charge in [-0.1, -0.05) is 0 Å². The molecule has 0 radical (unpaired) electrons. The van der Waals surface area contributed by atoms with Gasteiger partial charge in [0.05, 0.1) is 16.4 Å². The maximum atomic E-state index is 13.6. The topological polar surface area (TPSA) is 67.2 Å². The Morgan fingerprint density at radius 3 is 3.17 bits per heavy atom. The van der Waals surface area contributed by atoms with Crippen molar-refractivity contribution in [3.05, 3.63) is 22.4 Å². The fourth-order valence-electron chi connectivity index (χ4n) is 1.53. The maximum absolute atomic E-state index is 13.6. The molecular formula is C11H11BrFN3O2. The van der Waals surface area contributed by atoms with Crippen LogP contribution in [-0.4, -0.2) is 27.4 Å². The van der Waals surface area contributed by atoms with Crippen molar-refractivity contribution in [1.29, 1.82) is 0 Å². The summed E-state index contributed by atoms with van der Waals surface area (Å²) < 4.78 is 36.9. The van der Waals surface area contributed by atoms with Gasteiger partial charge in [-0.3, -0.25) is 9.48 Å². The highest BCUT2D eigenvalue weighted by molar-refractivity contribution is 9.10. The van der Waals surface area contributed by atoms with Crippen molar-refractivity contribution in [3.8, 4) is 0 Å². The van der Waals surface area contributed by atoms with Gasteiger partial charge in [0, 0.05) is 23.0 Å². The van der Waals surface area contributed by atoms with E-state index in [1.54, 1.807) is 0 Å². The lowest BCUT2D eigenvalue weighted by Gasteiger charge is -2.01. The van der Waals surface area contributed by atoms with Crippen molar-refractivity contribution in [3.63, 3.8) is 0 Å². The molecule has 0 bridgehead atoms. The average Bonchev–Trinajstić information content (AvgIpc) is 2.68. The molecule has 2 rings (SSSR count). The highest BCUT2D eigenvalue weighted by Crippen LogP contribution is 2.27. The molecule has 1 aromatic heterocycles. The molecular weight excluding hydrogens is 305 g/mol. The van der Waals surface area contributed by atoms with E-state index in [2.05, 4.69) is 26.3 Å². The summed E-state index contributed by atoms with van der Waals surface area (Å²) in [6.07, 6.45) is -0.166. The zero-order chi connectivity index (χ0) is 15.8. The van der Waals surface area contributed by atoms with E-state index in [1.165, 1.54) is 6.07 Å². The zero-order valence-corrected chi connectivity index (χ0v) is 10.7. The summed E-state index contributed by atoms with van der Waals surface area (Å²) in [7, 11) is 0. The third kappa shape index (κ3) is 2.45. The normalized spacial score (nSPS) is 14.0. The van der Waals surface area contributed by atoms with E-state index < -0.39 is 18.8 Å². The molecule has 0 amide bonds. The Labute approximate surface area is 115 Å². The van der Waals surface area contributed by atoms with Crippen molar-refractivity contribution in [1.82, 2.24) is 9.78 Å². The maximum Gasteiger partial charge on any atom is 0.305 e. The van der Waals surface area contributed by atoms with Crippen LogP contribution in [0.15, 0.2) is 16.6 Å². The van der Waals surface area contributed by atoms with Gasteiger partial charge >= 0.3 is 5.97 Å². The quantitative estimate of drug-likeness (QED) is 0.908. The number of anilines is 1. The first-order valence-corrected chi connectivity index (χ1v) is 5.83. The molecule has 96 valence electrons. The molecule has 0 aliphatic carbocycles. The number of carbonyl (C=O) groups is 1. The third-order valence-corrected chi connectivity index (χ3v) is 2.96. The number of aryl methyl sites for hydroxylation is 1. The molecule has 0 saturated carbocycles. The molecule has 2 aromatic rings. The minimum absolute atomic E-state index is 0.0557. The van der Waals surface area contributed by atoms with Crippen LogP contribution in [-0.2, 0) is 11.8 Å². The first kappa shape index (κ1) is 9.32. The smallest absolute Gasteiger partial charge is 0.305 e. The second kappa shape index (κ2) is 4.93. The van der Waals surface area contributed by atoms with Crippen LogP contribution in [0.4, 0.5) is 10.2 Å². The Morgan fingerprint density at radius 1 is 1.72 bits per heavy atom. The fourth-order valence-corrected chi connectivity index (χ4v) is 1.86. The number of carboxylic acids is 1. The molecule has 0 unspecified atom stereocenters. The summed E-state index contributed by atoms with van der Waals surface area (Å²) in [5.41, 5.74) is 0.223. The van der Waals surface area contributed by atoms with Crippen LogP contribution in [0.3, 0.4) is 0 Å². The molecule has 0 fully saturated rings. The van der Waals surface area contributed by atoms with Crippen LogP contribution in [0, 0.1) is 5.82 Å². The van der Waals surface area contributed by atoms with E-state index >= 15 is 0 Å². The average molecular weight is 319 g/mol. The van der Waals surface area contributed by atoms with Crippen LogP contribution in [0.2, 0.25) is 0 Å². The molecule has 0 atom stereocenters. The predicted octanol–water partition coefficient (Wildman–Crippen LogP) is 2.36. The highest BCUT2D eigenvalue weighted by atomic mass is 79.9. The van der Waals surface area contributed by atoms with Gasteiger partial charge in [0.15, 0.2) is 5.82 Å². The van der Waals surface area contributed by atoms with Crippen LogP contribution in [0.1, 0.15) is 10.5 Å². The van der Waals surface area contributed by atoms with E-state index in [0.717, 1.165) is 10.7 Å². The van der Waals surface area contributed by atoms with Gasteiger partial charge in [-0.15, -0.1) is 0 Å². The van der Waals surface area contributed by atoms with E-state index in [9.17, 15) is 9.18 Å². The summed E-state index contributed by atoms with van der Waals surface area (Å²) >= 11 is 3.00. The molecule has 0 aliphatic rings. The number of nitrogens with one attached hydrogen (secondary N) is 1. The van der Waals surface area contributed by atoms with E-state index in [1.807, 2.05) is 0 Å². The SMILES string of the molecule is [2H]C([2H])([2H])n1nc(NCCC(=O)O)c2cc(F)c(Br)cc21. The molecule has 2 N–H and O–H groups in total. The largest absolute Gasteiger partial charge is 0.481 e. The van der Waals surface area contributed by atoms with Crippen LogP contribution in [0.25, 0.3) is 10.9 Å². The molecule has 0 spiro atoms. The highest BCUT2D eigenvalue weighted by Gasteiger charge is 2.12. The molecule has 1 heterocycles. The van der Waals surface area contributed by atoms with Gasteiger partial charge in [-0.25, -0.2) is 4.39 Å². The van der Waals surface area contributed by atoms with E-state index in [-0.39, 0.29) is 34.2 Å². The van der Waals surface area contributed by atoms with Gasteiger partial charge < -0.3 is 10.4 Å². The van der Waals surface area contributed by atoms with E-state index in [0.29, 0.717) is 0 Å². The van der Waals surface area contributed by atoms with Crippen molar-refractivity contribution in [2.75, 3.05) is 11.9 Å². The third-order valence-electron chi connectivity index (χ3n) is 2.35. The predicted molar refractivity (Wildman–Crippen MR) is 69.1 cm³/mol. The van der Waals surface area contributed by atoms with Gasteiger partial charge in [0.25, 0.3) is 0 Å². The Balaban J connectivity index is 2.50. The summed E-state index contributed by atoms with van der Waals surface area (Å²) in [5.74, 6) is -1.43. The molecule has 0 saturated heterocycles. The number of aromatic nitrogens is 2. The molecule has 0 aliphatic heterocycles. The van der Waals surface area contributed by atoms with Gasteiger partial charge in [-0.2, -0.15) is 5.10 Å². The molecule has 5 nitrogen and oxygen atoms in total. The summed E-state index contributed by atoms with van der Waals surface area (Å²) in [4.78, 5) is 10.5. The standard InChI is InChI=1S/C11H11BrFN3O2/c1-16-9-5-7(12)8(13)4-6(9)11(15-16)14-3-2-10(17)18/h4-5H,2-3H2,1H3,(H,14,15)(H,17,18)/i1D3. The lowest BCUT2D eigenvalue weighted by atomic mass is 10.2. The number of benzene rings is 1. The van der Waals surface area contributed by atoms with Gasteiger partial charge in [0.2, 0.25) is 0 Å². The second-order valence-corrected chi connectivity index (χ2v) is 4.47. The number of carboxylic acid groups (broad SMARTS) is 1. The van der Waals surface area contributed by atoms with Gasteiger partial charge in [0.1, 0.15) is 5.82 Å². The number of nitrogens with zero attached hydrogens (tertiary/aromatic N) is 2. The summed E-state index contributed by atoms with van der Waals surface area (Å²) in [5, 5.41) is 15.5. The number of hydrogen-bond donors (Lipinski definition) is 2. The molecule has 7 heteroatoms. The Hall–Kier alpha value is -1.63. The Morgan fingerprint density at radius 2 is 2.50 bits per heavy atom. The fraction of sp³-hybridized carbons (Fsp3) is 0.273. The monoisotopic (exact) mass is 318 g/mol. The first-order chi connectivity index (χ1) is 9.70. The summed E-state index contributed by atoms with van der Waals surface area (Å²) in [6, 6.07) is 2.48. The molecule has 1 aromatic carbocycles. The number of halogens is 2. The van der Waals surface area contributed by atoms with Crippen molar-refractivity contribution in [2.45, 2.75) is 6.42 Å².